The van der Waals surface area contributed by atoms with E-state index in [2.05, 4.69) is 32.8 Å². The Hall–Kier alpha value is -2.57. The zero-order valence-electron chi connectivity index (χ0n) is 13.7. The van der Waals surface area contributed by atoms with Gasteiger partial charge in [0.05, 0.1) is 0 Å². The summed E-state index contributed by atoms with van der Waals surface area (Å²) in [5.41, 5.74) is 14.4. The summed E-state index contributed by atoms with van der Waals surface area (Å²) in [5.74, 6) is -0.351. The van der Waals surface area contributed by atoms with Crippen LogP contribution in [-0.2, 0) is 12.8 Å². The van der Waals surface area contributed by atoms with Crippen LogP contribution in [0.4, 0.5) is 0 Å². The van der Waals surface area contributed by atoms with Gasteiger partial charge in [0.1, 0.15) is 0 Å². The van der Waals surface area contributed by atoms with Crippen molar-refractivity contribution in [3.05, 3.63) is 70.7 Å². The van der Waals surface area contributed by atoms with Crippen LogP contribution in [0.1, 0.15) is 11.1 Å². The van der Waals surface area contributed by atoms with E-state index in [1.165, 1.54) is 5.56 Å². The summed E-state index contributed by atoms with van der Waals surface area (Å²) < 4.78 is 0. The van der Waals surface area contributed by atoms with Crippen molar-refractivity contribution in [3.63, 3.8) is 0 Å². The van der Waals surface area contributed by atoms with E-state index in [-0.39, 0.29) is 5.96 Å². The molecule has 0 bridgehead atoms. The number of nitrogens with two attached hydrogens (primary N) is 2. The van der Waals surface area contributed by atoms with Gasteiger partial charge < -0.3 is 11.1 Å². The van der Waals surface area contributed by atoms with E-state index in [0.29, 0.717) is 23.9 Å². The normalized spacial score (nSPS) is 21.4. The van der Waals surface area contributed by atoms with Gasteiger partial charge in [0.2, 0.25) is 5.96 Å². The Labute approximate surface area is 152 Å². The molecule has 1 aliphatic heterocycles. The number of nitrogens with one attached hydrogen (secondary N) is 2. The Kier molecular flexibility index (Phi) is 5.21. The van der Waals surface area contributed by atoms with Crippen LogP contribution in [-0.4, -0.2) is 24.3 Å². The molecule has 1 aliphatic rings. The quantitative estimate of drug-likeness (QED) is 0.653. The zero-order chi connectivity index (χ0) is 17.7. The molecule has 1 unspecified atom stereocenters. The molecule has 6 N–H and O–H groups in total. The van der Waals surface area contributed by atoms with Crippen LogP contribution in [0.15, 0.2) is 64.6 Å². The number of aliphatic imine (C=N–C) groups is 2. The second-order valence-electron chi connectivity index (χ2n) is 5.91. The van der Waals surface area contributed by atoms with Crippen molar-refractivity contribution in [3.8, 4) is 0 Å². The van der Waals surface area contributed by atoms with Crippen LogP contribution < -0.4 is 22.1 Å². The first-order chi connectivity index (χ1) is 12.0. The van der Waals surface area contributed by atoms with Crippen molar-refractivity contribution in [1.29, 1.82) is 0 Å². The second-order valence-corrected chi connectivity index (χ2v) is 6.31. The van der Waals surface area contributed by atoms with E-state index in [0.717, 1.165) is 12.0 Å². The molecule has 1 heterocycles. The number of benzene rings is 2. The monoisotopic (exact) mass is 356 g/mol. The van der Waals surface area contributed by atoms with Gasteiger partial charge in [-0.05, 0) is 23.6 Å². The van der Waals surface area contributed by atoms with Crippen molar-refractivity contribution in [2.24, 2.45) is 21.5 Å². The van der Waals surface area contributed by atoms with Gasteiger partial charge in [-0.1, -0.05) is 60.1 Å². The molecule has 2 aromatic carbocycles. The number of hydrogen-bond acceptors (Lipinski definition) is 4. The fourth-order valence-corrected chi connectivity index (χ4v) is 2.87. The largest absolute Gasteiger partial charge is 0.370 e. The Morgan fingerprint density at radius 1 is 1.08 bits per heavy atom. The van der Waals surface area contributed by atoms with Crippen molar-refractivity contribution >= 4 is 23.5 Å². The molecule has 1 atom stereocenters. The summed E-state index contributed by atoms with van der Waals surface area (Å²) in [7, 11) is 0. The van der Waals surface area contributed by atoms with Gasteiger partial charge >= 0.3 is 0 Å². The average molecular weight is 357 g/mol. The average Bonchev–Trinajstić information content (AvgIpc) is 2.57. The molecule has 2 aromatic rings. The van der Waals surface area contributed by atoms with Crippen LogP contribution in [0.3, 0.4) is 0 Å². The Morgan fingerprint density at radius 2 is 1.80 bits per heavy atom. The Morgan fingerprint density at radius 3 is 2.56 bits per heavy atom. The van der Waals surface area contributed by atoms with Gasteiger partial charge in [-0.25, -0.2) is 4.99 Å². The molecule has 6 nitrogen and oxygen atoms in total. The maximum Gasteiger partial charge on any atom is 0.201 e. The SMILES string of the molecule is NC1=NC(N)(Cc2ccccc2Cl)NC(=NCCc2ccccc2)N1. The lowest BCUT2D eigenvalue weighted by Crippen LogP contribution is -2.65. The van der Waals surface area contributed by atoms with E-state index in [1.54, 1.807) is 0 Å². The topological polar surface area (TPSA) is 101 Å². The molecule has 130 valence electrons. The minimum Gasteiger partial charge on any atom is -0.370 e. The first-order valence-corrected chi connectivity index (χ1v) is 8.43. The Balaban J connectivity index is 1.69. The molecular formula is C18H21ClN6. The number of guanidine groups is 2. The molecule has 25 heavy (non-hydrogen) atoms. The summed E-state index contributed by atoms with van der Waals surface area (Å²) in [6.07, 6.45) is 1.22. The number of rotatable bonds is 5. The Bertz CT molecular complexity index is 789. The predicted molar refractivity (Wildman–Crippen MR) is 102 cm³/mol. The van der Waals surface area contributed by atoms with Crippen LogP contribution >= 0.6 is 11.6 Å². The van der Waals surface area contributed by atoms with Crippen molar-refractivity contribution < 1.29 is 0 Å². The standard InChI is InChI=1S/C18H21ClN6/c19-15-9-5-4-8-14(15)12-18(21)24-16(20)23-17(25-18)22-11-10-13-6-2-1-3-7-13/h1-9H,10-12,21H2,(H4,20,22,23,24,25). The van der Waals surface area contributed by atoms with Crippen molar-refractivity contribution in [2.45, 2.75) is 18.6 Å². The molecule has 0 fully saturated rings. The highest BCUT2D eigenvalue weighted by Gasteiger charge is 2.30. The van der Waals surface area contributed by atoms with Gasteiger partial charge in [0, 0.05) is 18.0 Å². The number of halogens is 1. The highest BCUT2D eigenvalue weighted by atomic mass is 35.5. The third-order valence-electron chi connectivity index (χ3n) is 3.83. The van der Waals surface area contributed by atoms with Gasteiger partial charge in [-0.15, -0.1) is 0 Å². The number of nitrogens with zero attached hydrogens (tertiary/aromatic N) is 2. The van der Waals surface area contributed by atoms with Gasteiger partial charge in [-0.2, -0.15) is 0 Å². The maximum absolute atomic E-state index is 6.37. The van der Waals surface area contributed by atoms with Crippen LogP contribution in [0.25, 0.3) is 0 Å². The summed E-state index contributed by atoms with van der Waals surface area (Å²) in [6, 6.07) is 17.7. The van der Waals surface area contributed by atoms with E-state index < -0.39 is 5.79 Å². The molecule has 0 spiro atoms. The lowest BCUT2D eigenvalue weighted by Gasteiger charge is -2.33. The molecular weight excluding hydrogens is 336 g/mol. The molecule has 0 saturated carbocycles. The van der Waals surface area contributed by atoms with Crippen LogP contribution in [0.2, 0.25) is 5.02 Å². The summed E-state index contributed by atoms with van der Waals surface area (Å²) in [6.45, 7) is 0.606. The molecule has 0 aliphatic carbocycles. The summed E-state index contributed by atoms with van der Waals surface area (Å²) in [5, 5.41) is 6.67. The lowest BCUT2D eigenvalue weighted by atomic mass is 10.1. The molecule has 0 aromatic heterocycles. The predicted octanol–water partition coefficient (Wildman–Crippen LogP) is 1.60. The maximum atomic E-state index is 6.37. The fraction of sp³-hybridized carbons (Fsp3) is 0.222. The molecule has 0 saturated heterocycles. The first kappa shape index (κ1) is 17.3. The molecule has 7 heteroatoms. The number of hydrogen-bond donors (Lipinski definition) is 4. The van der Waals surface area contributed by atoms with Crippen LogP contribution in [0, 0.1) is 0 Å². The highest BCUT2D eigenvalue weighted by molar-refractivity contribution is 6.31. The highest BCUT2D eigenvalue weighted by Crippen LogP contribution is 2.20. The van der Waals surface area contributed by atoms with E-state index in [4.69, 9.17) is 23.1 Å². The van der Waals surface area contributed by atoms with E-state index in [1.807, 2.05) is 42.5 Å². The van der Waals surface area contributed by atoms with Gasteiger partial charge in [0.15, 0.2) is 11.7 Å². The summed E-state index contributed by atoms with van der Waals surface area (Å²) >= 11 is 6.22. The van der Waals surface area contributed by atoms with Gasteiger partial charge in [-0.3, -0.25) is 16.0 Å². The van der Waals surface area contributed by atoms with E-state index in [9.17, 15) is 0 Å². The molecule has 0 amide bonds. The second kappa shape index (κ2) is 7.55. The minimum absolute atomic E-state index is 0.228. The van der Waals surface area contributed by atoms with E-state index >= 15 is 0 Å². The third kappa shape index (κ3) is 4.71. The first-order valence-electron chi connectivity index (χ1n) is 8.05. The third-order valence-corrected chi connectivity index (χ3v) is 4.20. The fourth-order valence-electron chi connectivity index (χ4n) is 2.66. The minimum atomic E-state index is -1.09. The van der Waals surface area contributed by atoms with Crippen molar-refractivity contribution in [1.82, 2.24) is 10.6 Å². The lowest BCUT2D eigenvalue weighted by molar-refractivity contribution is 0.396. The van der Waals surface area contributed by atoms with Gasteiger partial charge in [0.25, 0.3) is 0 Å². The van der Waals surface area contributed by atoms with Crippen molar-refractivity contribution in [2.75, 3.05) is 6.54 Å². The smallest absolute Gasteiger partial charge is 0.201 e. The molecule has 0 radical (unpaired) electrons. The molecule has 3 rings (SSSR count). The zero-order valence-corrected chi connectivity index (χ0v) is 14.5. The van der Waals surface area contributed by atoms with Crippen LogP contribution in [0.5, 0.6) is 0 Å². The summed E-state index contributed by atoms with van der Waals surface area (Å²) in [4.78, 5) is 8.79.